The molecular formula is C17H20BrN2O2S+. The monoisotopic (exact) mass is 395 g/mol. The number of sulfonamides is 1. The van der Waals surface area contributed by atoms with Gasteiger partial charge in [0.2, 0.25) is 10.0 Å². The van der Waals surface area contributed by atoms with Crippen molar-refractivity contribution < 1.29 is 13.3 Å². The van der Waals surface area contributed by atoms with Crippen LogP contribution in [0.2, 0.25) is 0 Å². The zero-order valence-electron chi connectivity index (χ0n) is 12.8. The smallest absolute Gasteiger partial charge is 0.243 e. The van der Waals surface area contributed by atoms with E-state index in [0.29, 0.717) is 18.0 Å². The molecule has 6 heteroatoms. The minimum atomic E-state index is -3.38. The molecular weight excluding hydrogens is 376 g/mol. The van der Waals surface area contributed by atoms with Crippen molar-refractivity contribution in [1.29, 1.82) is 0 Å². The van der Waals surface area contributed by atoms with Gasteiger partial charge in [0.25, 0.3) is 0 Å². The zero-order chi connectivity index (χ0) is 16.3. The van der Waals surface area contributed by atoms with Gasteiger partial charge in [0.05, 0.1) is 31.1 Å². The van der Waals surface area contributed by atoms with E-state index in [1.807, 2.05) is 18.2 Å². The van der Waals surface area contributed by atoms with E-state index in [9.17, 15) is 8.42 Å². The van der Waals surface area contributed by atoms with Crippen molar-refractivity contribution in [3.05, 3.63) is 64.6 Å². The second-order valence-corrected chi connectivity index (χ2v) is 8.62. The van der Waals surface area contributed by atoms with Crippen molar-refractivity contribution in [2.75, 3.05) is 26.2 Å². The molecule has 3 rings (SSSR count). The standard InChI is InChI=1S/C17H19BrN2O2S/c18-16-6-8-17(9-7-16)23(21,22)20-12-10-19(11-13-20)14-15-4-2-1-3-5-15/h1-9H,10-14H2/p+1. The molecule has 2 aromatic rings. The first kappa shape index (κ1) is 16.6. The normalized spacial score (nSPS) is 17.3. The highest BCUT2D eigenvalue weighted by atomic mass is 79.9. The summed E-state index contributed by atoms with van der Waals surface area (Å²) in [6.45, 7) is 3.77. The molecule has 0 aliphatic carbocycles. The van der Waals surface area contributed by atoms with Gasteiger partial charge in [0.15, 0.2) is 0 Å². The van der Waals surface area contributed by atoms with E-state index in [4.69, 9.17) is 0 Å². The molecule has 122 valence electrons. The summed E-state index contributed by atoms with van der Waals surface area (Å²) in [6, 6.07) is 17.2. The van der Waals surface area contributed by atoms with Crippen LogP contribution in [0.15, 0.2) is 64.0 Å². The van der Waals surface area contributed by atoms with E-state index in [2.05, 4.69) is 28.1 Å². The fourth-order valence-corrected chi connectivity index (χ4v) is 4.57. The van der Waals surface area contributed by atoms with Crippen LogP contribution < -0.4 is 4.90 Å². The van der Waals surface area contributed by atoms with Crippen LogP contribution in [-0.2, 0) is 16.6 Å². The van der Waals surface area contributed by atoms with E-state index in [1.54, 1.807) is 28.6 Å². The summed E-state index contributed by atoms with van der Waals surface area (Å²) in [4.78, 5) is 1.80. The third kappa shape index (κ3) is 4.01. The Labute approximate surface area is 145 Å². The van der Waals surface area contributed by atoms with Crippen molar-refractivity contribution in [3.8, 4) is 0 Å². The van der Waals surface area contributed by atoms with Gasteiger partial charge in [-0.1, -0.05) is 46.3 Å². The Morgan fingerprint density at radius 2 is 1.57 bits per heavy atom. The van der Waals surface area contributed by atoms with Crippen LogP contribution in [0, 0.1) is 0 Å². The molecule has 2 aromatic carbocycles. The first-order chi connectivity index (χ1) is 11.1. The Morgan fingerprint density at radius 1 is 0.957 bits per heavy atom. The Morgan fingerprint density at radius 3 is 2.17 bits per heavy atom. The van der Waals surface area contributed by atoms with Crippen molar-refractivity contribution >= 4 is 26.0 Å². The summed E-state index contributed by atoms with van der Waals surface area (Å²) < 4.78 is 27.8. The largest absolute Gasteiger partial charge is 0.329 e. The average molecular weight is 396 g/mol. The quantitative estimate of drug-likeness (QED) is 0.852. The SMILES string of the molecule is O=S(=O)(c1ccc(Br)cc1)N1CC[NH+](Cc2ccccc2)CC1. The number of piperazine rings is 1. The number of halogens is 1. The maximum atomic E-state index is 12.7. The van der Waals surface area contributed by atoms with Crippen LogP contribution in [0.1, 0.15) is 5.56 Å². The maximum absolute atomic E-state index is 12.7. The molecule has 0 unspecified atom stereocenters. The van der Waals surface area contributed by atoms with E-state index >= 15 is 0 Å². The maximum Gasteiger partial charge on any atom is 0.243 e. The third-order valence-electron chi connectivity index (χ3n) is 4.18. The molecule has 0 saturated carbocycles. The Hall–Kier alpha value is -1.21. The van der Waals surface area contributed by atoms with Gasteiger partial charge in [-0.2, -0.15) is 4.31 Å². The number of benzene rings is 2. The van der Waals surface area contributed by atoms with Crippen LogP contribution in [0.4, 0.5) is 0 Å². The van der Waals surface area contributed by atoms with Gasteiger partial charge in [-0.15, -0.1) is 0 Å². The molecule has 1 fully saturated rings. The number of nitrogens with zero attached hydrogens (tertiary/aromatic N) is 1. The Bertz CT molecular complexity index is 740. The number of hydrogen-bond donors (Lipinski definition) is 1. The highest BCUT2D eigenvalue weighted by Crippen LogP contribution is 2.18. The fraction of sp³-hybridized carbons (Fsp3) is 0.294. The van der Waals surface area contributed by atoms with Crippen molar-refractivity contribution in [1.82, 2.24) is 4.31 Å². The average Bonchev–Trinajstić information content (AvgIpc) is 2.57. The molecule has 0 radical (unpaired) electrons. The first-order valence-electron chi connectivity index (χ1n) is 7.69. The molecule has 1 saturated heterocycles. The topological polar surface area (TPSA) is 41.8 Å². The van der Waals surface area contributed by atoms with E-state index in [0.717, 1.165) is 24.1 Å². The molecule has 1 N–H and O–H groups in total. The lowest BCUT2D eigenvalue weighted by molar-refractivity contribution is -0.917. The number of quaternary nitrogens is 1. The van der Waals surface area contributed by atoms with Crippen molar-refractivity contribution in [2.45, 2.75) is 11.4 Å². The predicted octanol–water partition coefficient (Wildman–Crippen LogP) is 1.54. The molecule has 1 aliphatic rings. The zero-order valence-corrected chi connectivity index (χ0v) is 15.2. The Kier molecular flexibility index (Phi) is 5.16. The molecule has 4 nitrogen and oxygen atoms in total. The van der Waals surface area contributed by atoms with Gasteiger partial charge < -0.3 is 4.90 Å². The summed E-state index contributed by atoms with van der Waals surface area (Å²) in [7, 11) is -3.38. The lowest BCUT2D eigenvalue weighted by atomic mass is 10.2. The van der Waals surface area contributed by atoms with Crippen LogP contribution in [0.25, 0.3) is 0 Å². The molecule has 0 bridgehead atoms. The van der Waals surface area contributed by atoms with Crippen LogP contribution in [0.5, 0.6) is 0 Å². The molecule has 0 aromatic heterocycles. The molecule has 0 spiro atoms. The van der Waals surface area contributed by atoms with E-state index in [1.165, 1.54) is 10.5 Å². The minimum Gasteiger partial charge on any atom is -0.329 e. The number of hydrogen-bond acceptors (Lipinski definition) is 2. The van der Waals surface area contributed by atoms with E-state index < -0.39 is 10.0 Å². The summed E-state index contributed by atoms with van der Waals surface area (Å²) in [5.41, 5.74) is 1.30. The molecule has 1 aliphatic heterocycles. The van der Waals surface area contributed by atoms with Gasteiger partial charge in [-0.25, -0.2) is 8.42 Å². The highest BCUT2D eigenvalue weighted by molar-refractivity contribution is 9.10. The van der Waals surface area contributed by atoms with Gasteiger partial charge in [0.1, 0.15) is 6.54 Å². The second-order valence-electron chi connectivity index (χ2n) is 5.77. The Balaban J connectivity index is 1.63. The summed E-state index contributed by atoms with van der Waals surface area (Å²) in [5, 5.41) is 0. The molecule has 1 heterocycles. The van der Waals surface area contributed by atoms with Gasteiger partial charge in [0, 0.05) is 10.0 Å². The summed E-state index contributed by atoms with van der Waals surface area (Å²) in [6.07, 6.45) is 0. The second kappa shape index (κ2) is 7.13. The number of rotatable bonds is 4. The van der Waals surface area contributed by atoms with Gasteiger partial charge >= 0.3 is 0 Å². The third-order valence-corrected chi connectivity index (χ3v) is 6.62. The van der Waals surface area contributed by atoms with Gasteiger partial charge in [-0.3, -0.25) is 0 Å². The van der Waals surface area contributed by atoms with E-state index in [-0.39, 0.29) is 0 Å². The first-order valence-corrected chi connectivity index (χ1v) is 9.92. The molecule has 0 amide bonds. The fourth-order valence-electron chi connectivity index (χ4n) is 2.86. The molecule has 23 heavy (non-hydrogen) atoms. The highest BCUT2D eigenvalue weighted by Gasteiger charge is 2.30. The van der Waals surface area contributed by atoms with Crippen molar-refractivity contribution in [3.63, 3.8) is 0 Å². The van der Waals surface area contributed by atoms with Crippen LogP contribution in [0.3, 0.4) is 0 Å². The van der Waals surface area contributed by atoms with Crippen LogP contribution in [-0.4, -0.2) is 38.9 Å². The summed E-state index contributed by atoms with van der Waals surface area (Å²) in [5.74, 6) is 0. The molecule has 0 atom stereocenters. The van der Waals surface area contributed by atoms with Crippen LogP contribution >= 0.6 is 15.9 Å². The van der Waals surface area contributed by atoms with Gasteiger partial charge in [-0.05, 0) is 24.3 Å². The minimum absolute atomic E-state index is 0.368. The predicted molar refractivity (Wildman–Crippen MR) is 93.7 cm³/mol. The number of nitrogens with one attached hydrogen (secondary N) is 1. The lowest BCUT2D eigenvalue weighted by Crippen LogP contribution is -3.13. The summed E-state index contributed by atoms with van der Waals surface area (Å²) >= 11 is 3.34. The lowest BCUT2D eigenvalue weighted by Gasteiger charge is -2.31. The van der Waals surface area contributed by atoms with Crippen molar-refractivity contribution in [2.24, 2.45) is 0 Å².